The molecule has 2 aliphatic rings. The van der Waals surface area contributed by atoms with Gasteiger partial charge in [-0.15, -0.1) is 0 Å². The number of amides is 1. The number of benzene rings is 2. The fraction of sp³-hybridized carbons (Fsp3) is 0.143. The Balaban J connectivity index is 1.25. The van der Waals surface area contributed by atoms with E-state index in [0.717, 1.165) is 11.4 Å². The smallest absolute Gasteiger partial charge is 0.255 e. The lowest BCUT2D eigenvalue weighted by molar-refractivity contribution is 0.102. The number of pyridine rings is 1. The molecule has 0 fully saturated rings. The monoisotopic (exact) mass is 391 g/mol. The van der Waals surface area contributed by atoms with E-state index in [0.29, 0.717) is 47.5 Å². The number of fused-ring (bicyclic) bond motifs is 2. The van der Waals surface area contributed by atoms with Crippen LogP contribution in [0.15, 0.2) is 54.7 Å². The first-order chi connectivity index (χ1) is 14.2. The van der Waals surface area contributed by atoms with Gasteiger partial charge in [-0.3, -0.25) is 4.79 Å². The highest BCUT2D eigenvalue weighted by Crippen LogP contribution is 2.34. The summed E-state index contributed by atoms with van der Waals surface area (Å²) in [6.07, 6.45) is 1.59. The Labute approximate surface area is 166 Å². The van der Waals surface area contributed by atoms with Crippen LogP contribution in [0.2, 0.25) is 0 Å². The molecular formula is C21H17N3O5. The third kappa shape index (κ3) is 3.60. The third-order valence-electron chi connectivity index (χ3n) is 4.47. The zero-order valence-electron chi connectivity index (χ0n) is 15.3. The minimum atomic E-state index is -0.252. The molecule has 2 aromatic carbocycles. The number of rotatable bonds is 4. The first-order valence-corrected chi connectivity index (χ1v) is 9.08. The predicted octanol–water partition coefficient (Wildman–Crippen LogP) is 3.58. The lowest BCUT2D eigenvalue weighted by Crippen LogP contribution is -2.15. The molecule has 0 saturated heterocycles. The number of hydrogen-bond acceptors (Lipinski definition) is 7. The minimum Gasteiger partial charge on any atom is -0.486 e. The van der Waals surface area contributed by atoms with Crippen molar-refractivity contribution < 1.29 is 23.7 Å². The van der Waals surface area contributed by atoms with Crippen LogP contribution in [0.25, 0.3) is 0 Å². The van der Waals surface area contributed by atoms with Crippen LogP contribution < -0.4 is 29.6 Å². The summed E-state index contributed by atoms with van der Waals surface area (Å²) < 4.78 is 21.7. The third-order valence-corrected chi connectivity index (χ3v) is 4.47. The average molecular weight is 391 g/mol. The van der Waals surface area contributed by atoms with E-state index in [2.05, 4.69) is 15.6 Å². The molecule has 8 nitrogen and oxygen atoms in total. The van der Waals surface area contributed by atoms with Gasteiger partial charge in [0.25, 0.3) is 5.91 Å². The minimum absolute atomic E-state index is 0.169. The molecule has 3 aromatic rings. The van der Waals surface area contributed by atoms with Crippen molar-refractivity contribution in [3.05, 3.63) is 60.3 Å². The van der Waals surface area contributed by atoms with Crippen molar-refractivity contribution >= 4 is 23.1 Å². The van der Waals surface area contributed by atoms with E-state index < -0.39 is 0 Å². The highest BCUT2D eigenvalue weighted by Gasteiger charge is 2.16. The number of carbonyl (C=O) groups is 1. The van der Waals surface area contributed by atoms with Crippen LogP contribution >= 0.6 is 0 Å². The highest BCUT2D eigenvalue weighted by molar-refractivity contribution is 6.04. The van der Waals surface area contributed by atoms with Gasteiger partial charge in [0.2, 0.25) is 6.79 Å². The maximum absolute atomic E-state index is 12.4. The van der Waals surface area contributed by atoms with Crippen LogP contribution in [0.4, 0.5) is 17.2 Å². The first kappa shape index (κ1) is 17.2. The molecule has 0 saturated carbocycles. The molecule has 5 rings (SSSR count). The van der Waals surface area contributed by atoms with Gasteiger partial charge in [0.05, 0.1) is 11.9 Å². The summed E-state index contributed by atoms with van der Waals surface area (Å²) in [5.74, 6) is 3.03. The van der Waals surface area contributed by atoms with Gasteiger partial charge >= 0.3 is 0 Å². The van der Waals surface area contributed by atoms with E-state index in [9.17, 15) is 4.79 Å². The van der Waals surface area contributed by atoms with Crippen LogP contribution in [0.3, 0.4) is 0 Å². The van der Waals surface area contributed by atoms with Gasteiger partial charge in [-0.25, -0.2) is 4.98 Å². The quantitative estimate of drug-likeness (QED) is 0.702. The molecule has 29 heavy (non-hydrogen) atoms. The van der Waals surface area contributed by atoms with E-state index in [1.807, 2.05) is 18.2 Å². The number of nitrogens with one attached hydrogen (secondary N) is 2. The Kier molecular flexibility index (Phi) is 4.28. The van der Waals surface area contributed by atoms with E-state index in [1.165, 1.54) is 0 Å². The Morgan fingerprint density at radius 2 is 1.52 bits per heavy atom. The fourth-order valence-electron chi connectivity index (χ4n) is 3.05. The van der Waals surface area contributed by atoms with Crippen LogP contribution in [0, 0.1) is 0 Å². The Hall–Kier alpha value is -3.94. The van der Waals surface area contributed by atoms with Gasteiger partial charge < -0.3 is 29.6 Å². The average Bonchev–Trinajstić information content (AvgIpc) is 3.23. The normalized spacial score (nSPS) is 13.7. The molecule has 3 heterocycles. The highest BCUT2D eigenvalue weighted by atomic mass is 16.7. The molecule has 2 aliphatic heterocycles. The van der Waals surface area contributed by atoms with Gasteiger partial charge in [0, 0.05) is 17.3 Å². The van der Waals surface area contributed by atoms with Gasteiger partial charge in [0.15, 0.2) is 23.0 Å². The van der Waals surface area contributed by atoms with E-state index in [1.54, 1.807) is 36.5 Å². The molecule has 0 unspecified atom stereocenters. The summed E-state index contributed by atoms with van der Waals surface area (Å²) in [4.78, 5) is 16.8. The number of hydrogen-bond donors (Lipinski definition) is 2. The molecule has 2 N–H and O–H groups in total. The van der Waals surface area contributed by atoms with Gasteiger partial charge in [-0.05, 0) is 42.5 Å². The molecule has 0 radical (unpaired) electrons. The Bertz CT molecular complexity index is 1070. The topological polar surface area (TPSA) is 90.9 Å². The summed E-state index contributed by atoms with van der Waals surface area (Å²) in [6.45, 7) is 1.26. The summed E-state index contributed by atoms with van der Waals surface area (Å²) >= 11 is 0. The summed E-state index contributed by atoms with van der Waals surface area (Å²) in [7, 11) is 0. The van der Waals surface area contributed by atoms with Crippen molar-refractivity contribution in [2.24, 2.45) is 0 Å². The molecule has 0 aliphatic carbocycles. The van der Waals surface area contributed by atoms with Crippen molar-refractivity contribution in [3.63, 3.8) is 0 Å². The second kappa shape index (κ2) is 7.23. The zero-order valence-corrected chi connectivity index (χ0v) is 15.3. The SMILES string of the molecule is O=C(Nc1ccc(Nc2ccc3c(c2)OCCO3)nc1)c1ccc2c(c1)OCO2. The van der Waals surface area contributed by atoms with Crippen LogP contribution in [0.5, 0.6) is 23.0 Å². The maximum atomic E-state index is 12.4. The molecule has 8 heteroatoms. The molecule has 1 amide bonds. The number of nitrogens with zero attached hydrogens (tertiary/aromatic N) is 1. The van der Waals surface area contributed by atoms with Crippen LogP contribution in [0.1, 0.15) is 10.4 Å². The standard InChI is InChI=1S/C21H17N3O5/c25-21(13-1-4-17-18(9-13)29-12-28-17)24-15-3-6-20(22-11-15)23-14-2-5-16-19(10-14)27-8-7-26-16/h1-6,9-11H,7-8,12H2,(H,22,23)(H,24,25). The summed E-state index contributed by atoms with van der Waals surface area (Å²) in [5, 5.41) is 6.02. The van der Waals surface area contributed by atoms with Crippen molar-refractivity contribution in [2.75, 3.05) is 30.6 Å². The van der Waals surface area contributed by atoms with E-state index in [4.69, 9.17) is 18.9 Å². The molecule has 0 spiro atoms. The number of carbonyl (C=O) groups excluding carboxylic acids is 1. The Morgan fingerprint density at radius 3 is 2.38 bits per heavy atom. The van der Waals surface area contributed by atoms with Gasteiger partial charge in [-0.1, -0.05) is 0 Å². The lowest BCUT2D eigenvalue weighted by atomic mass is 10.2. The first-order valence-electron chi connectivity index (χ1n) is 9.08. The number of anilines is 3. The molecule has 0 bridgehead atoms. The second-order valence-electron chi connectivity index (χ2n) is 6.44. The number of ether oxygens (including phenoxy) is 4. The van der Waals surface area contributed by atoms with Gasteiger partial charge in [0.1, 0.15) is 19.0 Å². The molecular weight excluding hydrogens is 374 g/mol. The second-order valence-corrected chi connectivity index (χ2v) is 6.44. The number of aromatic nitrogens is 1. The summed E-state index contributed by atoms with van der Waals surface area (Å²) in [5.41, 5.74) is 1.90. The zero-order chi connectivity index (χ0) is 19.6. The fourth-order valence-corrected chi connectivity index (χ4v) is 3.05. The largest absolute Gasteiger partial charge is 0.486 e. The van der Waals surface area contributed by atoms with E-state index in [-0.39, 0.29) is 12.7 Å². The van der Waals surface area contributed by atoms with Crippen LogP contribution in [-0.4, -0.2) is 30.9 Å². The summed E-state index contributed by atoms with van der Waals surface area (Å²) in [6, 6.07) is 14.2. The lowest BCUT2D eigenvalue weighted by Gasteiger charge is -2.19. The molecule has 1 aromatic heterocycles. The van der Waals surface area contributed by atoms with Crippen molar-refractivity contribution in [1.82, 2.24) is 4.98 Å². The van der Waals surface area contributed by atoms with Crippen LogP contribution in [-0.2, 0) is 0 Å². The van der Waals surface area contributed by atoms with E-state index >= 15 is 0 Å². The van der Waals surface area contributed by atoms with Gasteiger partial charge in [-0.2, -0.15) is 0 Å². The molecule has 146 valence electrons. The molecule has 0 atom stereocenters. The predicted molar refractivity (Wildman–Crippen MR) is 105 cm³/mol. The Morgan fingerprint density at radius 1 is 0.793 bits per heavy atom. The van der Waals surface area contributed by atoms with Crippen molar-refractivity contribution in [1.29, 1.82) is 0 Å². The maximum Gasteiger partial charge on any atom is 0.255 e. The van der Waals surface area contributed by atoms with Crippen molar-refractivity contribution in [2.45, 2.75) is 0 Å². The van der Waals surface area contributed by atoms with Crippen molar-refractivity contribution in [3.8, 4) is 23.0 Å².